The van der Waals surface area contributed by atoms with E-state index in [4.69, 9.17) is 5.11 Å². The number of nitrogens with one attached hydrogen (secondary N) is 1. The van der Waals surface area contributed by atoms with Gasteiger partial charge in [0, 0.05) is 25.6 Å². The number of hydrogen-bond donors (Lipinski definition) is 2. The van der Waals surface area contributed by atoms with Crippen molar-refractivity contribution in [1.82, 2.24) is 10.2 Å². The molecule has 0 bridgehead atoms. The second-order valence-corrected chi connectivity index (χ2v) is 6.53. The number of piperidine rings is 1. The zero-order chi connectivity index (χ0) is 15.8. The molecule has 2 N–H and O–H groups in total. The molecule has 5 heteroatoms. The van der Waals surface area contributed by atoms with Crippen LogP contribution in [0.5, 0.6) is 0 Å². The van der Waals surface area contributed by atoms with E-state index in [9.17, 15) is 9.59 Å². The predicted octanol–water partition coefficient (Wildman–Crippen LogP) is 3.10. The number of carbonyl (C=O) groups excluding carboxylic acids is 1. The zero-order valence-corrected chi connectivity index (χ0v) is 13.6. The first-order chi connectivity index (χ1) is 9.93. The van der Waals surface area contributed by atoms with Crippen LogP contribution < -0.4 is 5.32 Å². The summed E-state index contributed by atoms with van der Waals surface area (Å²) in [5.41, 5.74) is 0. The predicted molar refractivity (Wildman–Crippen MR) is 83.2 cm³/mol. The van der Waals surface area contributed by atoms with Gasteiger partial charge in [0.05, 0.1) is 0 Å². The van der Waals surface area contributed by atoms with Crippen molar-refractivity contribution < 1.29 is 14.7 Å². The third-order valence-electron chi connectivity index (χ3n) is 4.17. The van der Waals surface area contributed by atoms with E-state index in [1.807, 2.05) is 4.90 Å². The summed E-state index contributed by atoms with van der Waals surface area (Å²) in [4.78, 5) is 25.2. The molecule has 0 aromatic heterocycles. The maximum absolute atomic E-state index is 12.3. The van der Waals surface area contributed by atoms with Crippen molar-refractivity contribution in [3.63, 3.8) is 0 Å². The molecule has 2 amide bonds. The largest absolute Gasteiger partial charge is 0.481 e. The molecule has 1 fully saturated rings. The monoisotopic (exact) mass is 298 g/mol. The van der Waals surface area contributed by atoms with Crippen molar-refractivity contribution in [1.29, 1.82) is 0 Å². The molecule has 1 aliphatic heterocycles. The Morgan fingerprint density at radius 2 is 2.05 bits per heavy atom. The van der Waals surface area contributed by atoms with Gasteiger partial charge in [-0.25, -0.2) is 4.79 Å². The second kappa shape index (κ2) is 8.90. The fourth-order valence-electron chi connectivity index (χ4n) is 3.18. The van der Waals surface area contributed by atoms with Gasteiger partial charge in [-0.15, -0.1) is 0 Å². The number of carbonyl (C=O) groups is 2. The molecule has 0 saturated carbocycles. The average molecular weight is 298 g/mol. The number of carboxylic acids is 1. The van der Waals surface area contributed by atoms with Gasteiger partial charge < -0.3 is 15.3 Å². The number of carboxylic acid groups (broad SMARTS) is 1. The molecular formula is C16H30N2O3. The van der Waals surface area contributed by atoms with Crippen LogP contribution in [0.2, 0.25) is 0 Å². The van der Waals surface area contributed by atoms with Crippen molar-refractivity contribution in [2.45, 2.75) is 65.3 Å². The molecular weight excluding hydrogens is 268 g/mol. The van der Waals surface area contributed by atoms with Crippen LogP contribution in [0.4, 0.5) is 4.79 Å². The summed E-state index contributed by atoms with van der Waals surface area (Å²) in [6, 6.07) is 0.308. The van der Waals surface area contributed by atoms with Gasteiger partial charge in [-0.1, -0.05) is 20.8 Å². The average Bonchev–Trinajstić information content (AvgIpc) is 2.43. The molecule has 0 aromatic carbocycles. The molecule has 0 aromatic rings. The quantitative estimate of drug-likeness (QED) is 0.759. The van der Waals surface area contributed by atoms with E-state index < -0.39 is 5.97 Å². The highest BCUT2D eigenvalue weighted by Crippen LogP contribution is 2.20. The summed E-state index contributed by atoms with van der Waals surface area (Å²) in [5.74, 6) is -0.347. The third-order valence-corrected chi connectivity index (χ3v) is 4.17. The summed E-state index contributed by atoms with van der Waals surface area (Å²) in [6.45, 7) is 7.54. The van der Waals surface area contributed by atoms with Crippen molar-refractivity contribution in [2.24, 2.45) is 11.8 Å². The molecule has 1 unspecified atom stereocenters. The van der Waals surface area contributed by atoms with Gasteiger partial charge in [0.15, 0.2) is 0 Å². The fourth-order valence-corrected chi connectivity index (χ4v) is 3.18. The maximum atomic E-state index is 12.3. The summed E-state index contributed by atoms with van der Waals surface area (Å²) < 4.78 is 0. The summed E-state index contributed by atoms with van der Waals surface area (Å²) in [6.07, 6.45) is 5.26. The van der Waals surface area contributed by atoms with Gasteiger partial charge >= 0.3 is 12.0 Å². The van der Waals surface area contributed by atoms with Crippen LogP contribution >= 0.6 is 0 Å². The van der Waals surface area contributed by atoms with Crippen LogP contribution in [-0.4, -0.2) is 41.1 Å². The highest BCUT2D eigenvalue weighted by atomic mass is 16.4. The van der Waals surface area contributed by atoms with Crippen molar-refractivity contribution in [3.8, 4) is 0 Å². The van der Waals surface area contributed by atoms with Crippen LogP contribution in [0.1, 0.15) is 59.3 Å². The third kappa shape index (κ3) is 6.36. The number of hydrogen-bond acceptors (Lipinski definition) is 2. The van der Waals surface area contributed by atoms with Crippen LogP contribution in [0, 0.1) is 11.8 Å². The lowest BCUT2D eigenvalue weighted by molar-refractivity contribution is -0.138. The highest BCUT2D eigenvalue weighted by Gasteiger charge is 2.26. The Labute approximate surface area is 128 Å². The van der Waals surface area contributed by atoms with E-state index in [1.165, 1.54) is 6.42 Å². The molecule has 0 spiro atoms. The highest BCUT2D eigenvalue weighted by molar-refractivity contribution is 5.74. The summed E-state index contributed by atoms with van der Waals surface area (Å²) in [5, 5.41) is 11.9. The standard InChI is InChI=1S/C16H30N2O3/c1-4-14-7-5-6-8-18(14)16(21)17-11-13(9-12(2)3)10-15(19)20/h12-14H,4-11H2,1-3H3,(H,17,21)(H,19,20)/t13-,14?/m0/s1. The van der Waals surface area contributed by atoms with Gasteiger partial charge in [0.1, 0.15) is 0 Å². The lowest BCUT2D eigenvalue weighted by Crippen LogP contribution is -2.49. The van der Waals surface area contributed by atoms with Crippen molar-refractivity contribution >= 4 is 12.0 Å². The first-order valence-electron chi connectivity index (χ1n) is 8.20. The number of nitrogens with zero attached hydrogens (tertiary/aromatic N) is 1. The van der Waals surface area contributed by atoms with Crippen molar-refractivity contribution in [2.75, 3.05) is 13.1 Å². The summed E-state index contributed by atoms with van der Waals surface area (Å²) in [7, 11) is 0. The first kappa shape index (κ1) is 17.8. The van der Waals surface area contributed by atoms with Gasteiger partial charge in [0.25, 0.3) is 0 Å². The number of urea groups is 1. The SMILES string of the molecule is CCC1CCCCN1C(=O)NC[C@H](CC(=O)O)CC(C)C. The Morgan fingerprint density at radius 1 is 1.33 bits per heavy atom. The van der Waals surface area contributed by atoms with Gasteiger partial charge in [-0.05, 0) is 43.9 Å². The Morgan fingerprint density at radius 3 is 2.62 bits per heavy atom. The van der Waals surface area contributed by atoms with E-state index in [0.29, 0.717) is 18.5 Å². The smallest absolute Gasteiger partial charge is 0.317 e. The molecule has 0 radical (unpaired) electrons. The Kier molecular flexibility index (Phi) is 7.54. The molecule has 0 aliphatic carbocycles. The Bertz CT molecular complexity index is 344. The molecule has 122 valence electrons. The minimum absolute atomic E-state index is 0.0105. The molecule has 2 atom stereocenters. The van der Waals surface area contributed by atoms with Crippen LogP contribution in [-0.2, 0) is 4.79 Å². The number of amides is 2. The van der Waals surface area contributed by atoms with E-state index in [1.54, 1.807) is 0 Å². The Hall–Kier alpha value is -1.26. The van der Waals surface area contributed by atoms with E-state index in [-0.39, 0.29) is 18.4 Å². The van der Waals surface area contributed by atoms with Gasteiger partial charge in [-0.3, -0.25) is 4.79 Å². The van der Waals surface area contributed by atoms with Gasteiger partial charge in [0.2, 0.25) is 0 Å². The van der Waals surface area contributed by atoms with Crippen LogP contribution in [0.25, 0.3) is 0 Å². The molecule has 21 heavy (non-hydrogen) atoms. The van der Waals surface area contributed by atoms with Crippen LogP contribution in [0.3, 0.4) is 0 Å². The summed E-state index contributed by atoms with van der Waals surface area (Å²) >= 11 is 0. The van der Waals surface area contributed by atoms with E-state index in [2.05, 4.69) is 26.1 Å². The molecule has 1 aliphatic rings. The van der Waals surface area contributed by atoms with E-state index >= 15 is 0 Å². The minimum atomic E-state index is -0.792. The minimum Gasteiger partial charge on any atom is -0.481 e. The van der Waals surface area contributed by atoms with Gasteiger partial charge in [-0.2, -0.15) is 0 Å². The molecule has 1 rings (SSSR count). The lowest BCUT2D eigenvalue weighted by Gasteiger charge is -2.35. The Balaban J connectivity index is 2.49. The number of rotatable bonds is 7. The number of likely N-dealkylation sites (tertiary alicyclic amines) is 1. The fraction of sp³-hybridized carbons (Fsp3) is 0.875. The molecule has 1 heterocycles. The topological polar surface area (TPSA) is 69.6 Å². The van der Waals surface area contributed by atoms with E-state index in [0.717, 1.165) is 32.2 Å². The lowest BCUT2D eigenvalue weighted by atomic mass is 9.94. The first-order valence-corrected chi connectivity index (χ1v) is 8.20. The molecule has 5 nitrogen and oxygen atoms in total. The zero-order valence-electron chi connectivity index (χ0n) is 13.6. The normalized spacial score (nSPS) is 20.4. The second-order valence-electron chi connectivity index (χ2n) is 6.53. The maximum Gasteiger partial charge on any atom is 0.317 e. The van der Waals surface area contributed by atoms with Crippen molar-refractivity contribution in [3.05, 3.63) is 0 Å². The molecule has 1 saturated heterocycles. The number of aliphatic carboxylic acids is 1. The van der Waals surface area contributed by atoms with Crippen LogP contribution in [0.15, 0.2) is 0 Å².